The van der Waals surface area contributed by atoms with Crippen molar-refractivity contribution in [1.82, 2.24) is 20.3 Å². The largest absolute Gasteiger partial charge is 0.316 e. The number of hydrogen-bond donors (Lipinski definition) is 1. The fraction of sp³-hybridized carbons (Fsp3) is 0.182. The van der Waals surface area contributed by atoms with Crippen molar-refractivity contribution in [2.45, 2.75) is 16.7 Å². The minimum absolute atomic E-state index is 0.719. The topological polar surface area (TPSA) is 50.7 Å². The highest BCUT2D eigenvalue weighted by molar-refractivity contribution is 7.99. The highest BCUT2D eigenvalue weighted by Crippen LogP contribution is 2.21. The lowest BCUT2D eigenvalue weighted by Crippen LogP contribution is -2.05. The zero-order valence-corrected chi connectivity index (χ0v) is 9.74. The van der Waals surface area contributed by atoms with Gasteiger partial charge >= 0.3 is 0 Å². The van der Waals surface area contributed by atoms with E-state index in [1.807, 2.05) is 19.3 Å². The average molecular weight is 232 g/mol. The van der Waals surface area contributed by atoms with E-state index in [0.717, 1.165) is 16.7 Å². The first-order chi connectivity index (χ1) is 7.88. The average Bonchev–Trinajstić information content (AvgIpc) is 2.33. The van der Waals surface area contributed by atoms with Crippen LogP contribution in [0, 0.1) is 0 Å². The van der Waals surface area contributed by atoms with Gasteiger partial charge in [0.2, 0.25) is 0 Å². The van der Waals surface area contributed by atoms with Gasteiger partial charge in [0.25, 0.3) is 0 Å². The SMILES string of the molecule is CNCc1ccc(Sc2ncccn2)nc1. The van der Waals surface area contributed by atoms with Gasteiger partial charge in [-0.15, -0.1) is 0 Å². The molecule has 1 N–H and O–H groups in total. The predicted octanol–water partition coefficient (Wildman–Crippen LogP) is 1.74. The summed E-state index contributed by atoms with van der Waals surface area (Å²) in [5, 5.41) is 4.71. The summed E-state index contributed by atoms with van der Waals surface area (Å²) >= 11 is 1.46. The monoisotopic (exact) mass is 232 g/mol. The molecule has 0 bridgehead atoms. The standard InChI is InChI=1S/C11H12N4S/c1-12-7-9-3-4-10(15-8-9)16-11-13-5-2-6-14-11/h2-6,8,12H,7H2,1H3. The third-order valence-electron chi connectivity index (χ3n) is 1.92. The highest BCUT2D eigenvalue weighted by atomic mass is 32.2. The Morgan fingerprint density at radius 2 is 2.00 bits per heavy atom. The summed E-state index contributed by atoms with van der Waals surface area (Å²) in [6, 6.07) is 5.83. The van der Waals surface area contributed by atoms with Crippen LogP contribution in [0.3, 0.4) is 0 Å². The molecule has 0 atom stereocenters. The number of nitrogens with one attached hydrogen (secondary N) is 1. The summed E-state index contributed by atoms with van der Waals surface area (Å²) in [6.07, 6.45) is 5.32. The Labute approximate surface area is 98.6 Å². The van der Waals surface area contributed by atoms with Gasteiger partial charge in [-0.3, -0.25) is 0 Å². The van der Waals surface area contributed by atoms with Gasteiger partial charge in [-0.05, 0) is 36.5 Å². The maximum atomic E-state index is 4.34. The minimum Gasteiger partial charge on any atom is -0.316 e. The second kappa shape index (κ2) is 5.58. The van der Waals surface area contributed by atoms with Gasteiger partial charge in [0.15, 0.2) is 5.16 Å². The second-order valence-corrected chi connectivity index (χ2v) is 4.16. The molecule has 0 radical (unpaired) electrons. The van der Waals surface area contributed by atoms with Gasteiger partial charge < -0.3 is 5.32 Å². The molecule has 4 nitrogen and oxygen atoms in total. The van der Waals surface area contributed by atoms with E-state index in [1.165, 1.54) is 17.3 Å². The summed E-state index contributed by atoms with van der Waals surface area (Å²) in [7, 11) is 1.92. The summed E-state index contributed by atoms with van der Waals surface area (Å²) in [6.45, 7) is 0.833. The fourth-order valence-corrected chi connectivity index (χ4v) is 1.87. The van der Waals surface area contributed by atoms with Crippen molar-refractivity contribution in [1.29, 1.82) is 0 Å². The van der Waals surface area contributed by atoms with Crippen LogP contribution < -0.4 is 5.32 Å². The Kier molecular flexibility index (Phi) is 3.85. The molecule has 2 heterocycles. The molecule has 0 amide bonds. The second-order valence-electron chi connectivity index (χ2n) is 3.17. The first-order valence-corrected chi connectivity index (χ1v) is 5.74. The lowest BCUT2D eigenvalue weighted by atomic mass is 10.3. The van der Waals surface area contributed by atoms with E-state index in [2.05, 4.69) is 26.3 Å². The molecule has 0 aliphatic rings. The van der Waals surface area contributed by atoms with Crippen molar-refractivity contribution in [3.8, 4) is 0 Å². The van der Waals surface area contributed by atoms with Gasteiger partial charge in [-0.2, -0.15) is 0 Å². The van der Waals surface area contributed by atoms with Crippen LogP contribution in [0.5, 0.6) is 0 Å². The molecule has 5 heteroatoms. The lowest BCUT2D eigenvalue weighted by Gasteiger charge is -2.01. The molecule has 0 aliphatic carbocycles. The quantitative estimate of drug-likeness (QED) is 0.814. The van der Waals surface area contributed by atoms with Crippen molar-refractivity contribution < 1.29 is 0 Å². The molecular weight excluding hydrogens is 220 g/mol. The van der Waals surface area contributed by atoms with E-state index in [0.29, 0.717) is 0 Å². The first kappa shape index (κ1) is 11.0. The molecule has 2 aromatic heterocycles. The molecule has 82 valence electrons. The summed E-state index contributed by atoms with van der Waals surface area (Å²) in [4.78, 5) is 12.6. The molecule has 0 aromatic carbocycles. The number of rotatable bonds is 4. The normalized spacial score (nSPS) is 10.3. The molecule has 2 rings (SSSR count). The highest BCUT2D eigenvalue weighted by Gasteiger charge is 2.00. The number of hydrogen-bond acceptors (Lipinski definition) is 5. The van der Waals surface area contributed by atoms with Crippen LogP contribution >= 0.6 is 11.8 Å². The predicted molar refractivity (Wildman–Crippen MR) is 63.2 cm³/mol. The Morgan fingerprint density at radius 1 is 1.19 bits per heavy atom. The molecule has 16 heavy (non-hydrogen) atoms. The summed E-state index contributed by atoms with van der Waals surface area (Å²) < 4.78 is 0. The zero-order valence-electron chi connectivity index (χ0n) is 8.92. The van der Waals surface area contributed by atoms with Crippen molar-refractivity contribution >= 4 is 11.8 Å². The van der Waals surface area contributed by atoms with Crippen LogP contribution in [0.15, 0.2) is 47.0 Å². The Bertz CT molecular complexity index is 429. The van der Waals surface area contributed by atoms with Gasteiger partial charge in [-0.1, -0.05) is 6.07 Å². The maximum absolute atomic E-state index is 4.34. The number of pyridine rings is 1. The van der Waals surface area contributed by atoms with Crippen molar-refractivity contribution in [2.75, 3.05) is 7.05 Å². The van der Waals surface area contributed by atoms with Crippen molar-refractivity contribution in [3.63, 3.8) is 0 Å². The van der Waals surface area contributed by atoms with E-state index in [4.69, 9.17) is 0 Å². The molecule has 0 aliphatic heterocycles. The van der Waals surface area contributed by atoms with E-state index in [9.17, 15) is 0 Å². The Morgan fingerprint density at radius 3 is 2.62 bits per heavy atom. The maximum Gasteiger partial charge on any atom is 0.193 e. The molecule has 0 saturated carbocycles. The van der Waals surface area contributed by atoms with Crippen LogP contribution in [0.25, 0.3) is 0 Å². The molecule has 0 unspecified atom stereocenters. The van der Waals surface area contributed by atoms with Crippen LogP contribution in [0.4, 0.5) is 0 Å². The zero-order chi connectivity index (χ0) is 11.2. The lowest BCUT2D eigenvalue weighted by molar-refractivity contribution is 0.809. The van der Waals surface area contributed by atoms with Crippen molar-refractivity contribution in [2.24, 2.45) is 0 Å². The van der Waals surface area contributed by atoms with Crippen LogP contribution in [-0.4, -0.2) is 22.0 Å². The molecule has 2 aromatic rings. The van der Waals surface area contributed by atoms with E-state index >= 15 is 0 Å². The fourth-order valence-electron chi connectivity index (χ4n) is 1.21. The third kappa shape index (κ3) is 3.01. The van der Waals surface area contributed by atoms with E-state index in [1.54, 1.807) is 18.5 Å². The minimum atomic E-state index is 0.719. The first-order valence-electron chi connectivity index (χ1n) is 4.93. The van der Waals surface area contributed by atoms with Gasteiger partial charge in [0.05, 0.1) is 0 Å². The van der Waals surface area contributed by atoms with Gasteiger partial charge in [0.1, 0.15) is 5.03 Å². The number of aromatic nitrogens is 3. The van der Waals surface area contributed by atoms with Gasteiger partial charge in [0, 0.05) is 25.1 Å². The number of nitrogens with zero attached hydrogens (tertiary/aromatic N) is 3. The van der Waals surface area contributed by atoms with Crippen LogP contribution in [-0.2, 0) is 6.54 Å². The third-order valence-corrected chi connectivity index (χ3v) is 2.76. The van der Waals surface area contributed by atoms with Crippen LogP contribution in [0.1, 0.15) is 5.56 Å². The van der Waals surface area contributed by atoms with Gasteiger partial charge in [-0.25, -0.2) is 15.0 Å². The Balaban J connectivity index is 2.05. The molecular formula is C11H12N4S. The molecule has 0 saturated heterocycles. The Hall–Kier alpha value is -1.46. The van der Waals surface area contributed by atoms with Crippen LogP contribution in [0.2, 0.25) is 0 Å². The van der Waals surface area contributed by atoms with E-state index in [-0.39, 0.29) is 0 Å². The molecule has 0 spiro atoms. The summed E-state index contributed by atoms with van der Waals surface area (Å²) in [5.74, 6) is 0. The molecule has 0 fully saturated rings. The van der Waals surface area contributed by atoms with E-state index < -0.39 is 0 Å². The summed E-state index contributed by atoms with van der Waals surface area (Å²) in [5.41, 5.74) is 1.17. The van der Waals surface area contributed by atoms with Crippen molar-refractivity contribution in [3.05, 3.63) is 42.4 Å². The smallest absolute Gasteiger partial charge is 0.193 e.